The van der Waals surface area contributed by atoms with E-state index in [1.165, 1.54) is 17.3 Å². The summed E-state index contributed by atoms with van der Waals surface area (Å²) in [5, 5.41) is 9.12. The van der Waals surface area contributed by atoms with Crippen molar-refractivity contribution >= 4 is 17.7 Å². The highest BCUT2D eigenvalue weighted by atomic mass is 32.2. The van der Waals surface area contributed by atoms with E-state index in [0.29, 0.717) is 5.16 Å². The predicted octanol–water partition coefficient (Wildman–Crippen LogP) is 4.15. The van der Waals surface area contributed by atoms with Gasteiger partial charge >= 0.3 is 0 Å². The number of hydrogen-bond acceptors (Lipinski definition) is 4. The first-order valence-electron chi connectivity index (χ1n) is 8.92. The molecule has 1 atom stereocenters. The lowest BCUT2D eigenvalue weighted by atomic mass is 10.1. The highest BCUT2D eigenvalue weighted by molar-refractivity contribution is 8.00. The van der Waals surface area contributed by atoms with Crippen LogP contribution in [-0.4, -0.2) is 25.9 Å². The van der Waals surface area contributed by atoms with Gasteiger partial charge in [0.2, 0.25) is 5.91 Å². The first kappa shape index (κ1) is 19.2. The normalized spacial score (nSPS) is 12.3. The summed E-state index contributed by atoms with van der Waals surface area (Å²) < 4.78 is 2.00. The molecule has 0 aliphatic carbocycles. The van der Waals surface area contributed by atoms with Gasteiger partial charge in [-0.1, -0.05) is 67.1 Å². The first-order chi connectivity index (χ1) is 12.9. The van der Waals surface area contributed by atoms with E-state index in [4.69, 9.17) is 5.73 Å². The first-order valence-corrected chi connectivity index (χ1v) is 9.80. The van der Waals surface area contributed by atoms with Crippen molar-refractivity contribution < 1.29 is 4.79 Å². The molecule has 6 heteroatoms. The fourth-order valence-corrected chi connectivity index (χ4v) is 3.88. The Morgan fingerprint density at radius 1 is 1.04 bits per heavy atom. The zero-order valence-corrected chi connectivity index (χ0v) is 16.8. The van der Waals surface area contributed by atoms with Gasteiger partial charge in [-0.2, -0.15) is 0 Å². The van der Waals surface area contributed by atoms with E-state index in [1.54, 1.807) is 0 Å². The summed E-state index contributed by atoms with van der Waals surface area (Å²) >= 11 is 1.37. The number of carbonyl (C=O) groups is 1. The molecule has 0 aliphatic heterocycles. The Morgan fingerprint density at radius 3 is 2.33 bits per heavy atom. The molecular weight excluding hydrogens is 356 g/mol. The summed E-state index contributed by atoms with van der Waals surface area (Å²) in [6, 6.07) is 16.3. The van der Waals surface area contributed by atoms with Crippen molar-refractivity contribution in [2.24, 2.45) is 11.7 Å². The lowest BCUT2D eigenvalue weighted by molar-refractivity contribution is -0.118. The Kier molecular flexibility index (Phi) is 5.65. The highest BCUT2D eigenvalue weighted by Crippen LogP contribution is 2.32. The molecule has 3 aromatic rings. The molecule has 5 nitrogen and oxygen atoms in total. The Labute approximate surface area is 164 Å². The van der Waals surface area contributed by atoms with Crippen LogP contribution in [0.15, 0.2) is 53.7 Å². The van der Waals surface area contributed by atoms with Crippen molar-refractivity contribution in [2.45, 2.75) is 38.1 Å². The van der Waals surface area contributed by atoms with Gasteiger partial charge in [0.05, 0.1) is 5.25 Å². The number of benzene rings is 2. The monoisotopic (exact) mass is 380 g/mol. The second kappa shape index (κ2) is 7.96. The number of rotatable bonds is 6. The van der Waals surface area contributed by atoms with E-state index >= 15 is 0 Å². The van der Waals surface area contributed by atoms with Crippen LogP contribution >= 0.6 is 11.8 Å². The molecule has 0 fully saturated rings. The van der Waals surface area contributed by atoms with Gasteiger partial charge in [-0.05, 0) is 38.0 Å². The lowest BCUT2D eigenvalue weighted by Gasteiger charge is -2.17. The molecule has 3 rings (SSSR count). The molecule has 1 heterocycles. The average Bonchev–Trinajstić information content (AvgIpc) is 3.03. The number of hydrogen-bond donors (Lipinski definition) is 1. The van der Waals surface area contributed by atoms with Crippen LogP contribution in [0.4, 0.5) is 0 Å². The van der Waals surface area contributed by atoms with E-state index in [1.807, 2.05) is 55.7 Å². The molecule has 0 saturated heterocycles. The minimum absolute atomic E-state index is 0.0955. The van der Waals surface area contributed by atoms with Crippen molar-refractivity contribution in [1.82, 2.24) is 14.8 Å². The zero-order valence-electron chi connectivity index (χ0n) is 16.0. The van der Waals surface area contributed by atoms with E-state index in [-0.39, 0.29) is 17.1 Å². The van der Waals surface area contributed by atoms with Crippen LogP contribution in [0, 0.1) is 19.8 Å². The molecule has 27 heavy (non-hydrogen) atoms. The fraction of sp³-hybridized carbons (Fsp3) is 0.286. The maximum absolute atomic E-state index is 11.9. The molecule has 0 aliphatic rings. The van der Waals surface area contributed by atoms with Gasteiger partial charge in [0.15, 0.2) is 11.0 Å². The number of aryl methyl sites for hydroxylation is 2. The van der Waals surface area contributed by atoms with Crippen LogP contribution in [0.1, 0.15) is 25.0 Å². The van der Waals surface area contributed by atoms with Crippen molar-refractivity contribution in [1.29, 1.82) is 0 Å². The minimum atomic E-state index is -0.372. The van der Waals surface area contributed by atoms with Crippen LogP contribution in [0.2, 0.25) is 0 Å². The maximum atomic E-state index is 11.9. The van der Waals surface area contributed by atoms with E-state index in [9.17, 15) is 4.79 Å². The van der Waals surface area contributed by atoms with Crippen LogP contribution in [-0.2, 0) is 4.79 Å². The SMILES string of the molecule is Cc1ccc(-n2c(SC(C(N)=O)C(C)C)nnc2-c2cccc(C)c2)cc1. The molecule has 1 aromatic heterocycles. The summed E-state index contributed by atoms with van der Waals surface area (Å²) in [5.41, 5.74) is 9.88. The molecule has 0 spiro atoms. The largest absolute Gasteiger partial charge is 0.369 e. The molecular formula is C21H24N4OS. The van der Waals surface area contributed by atoms with Crippen LogP contribution in [0.3, 0.4) is 0 Å². The summed E-state index contributed by atoms with van der Waals surface area (Å²) in [6.07, 6.45) is 0. The summed E-state index contributed by atoms with van der Waals surface area (Å²) in [4.78, 5) is 11.9. The van der Waals surface area contributed by atoms with Gasteiger partial charge in [0, 0.05) is 11.3 Å². The summed E-state index contributed by atoms with van der Waals surface area (Å²) in [5.74, 6) is 0.501. The van der Waals surface area contributed by atoms with E-state index in [0.717, 1.165) is 22.6 Å². The van der Waals surface area contributed by atoms with Crippen molar-refractivity contribution in [3.8, 4) is 17.1 Å². The highest BCUT2D eigenvalue weighted by Gasteiger charge is 2.25. The van der Waals surface area contributed by atoms with Crippen molar-refractivity contribution in [3.63, 3.8) is 0 Å². The van der Waals surface area contributed by atoms with Gasteiger partial charge < -0.3 is 5.73 Å². The van der Waals surface area contributed by atoms with E-state index < -0.39 is 0 Å². The van der Waals surface area contributed by atoms with Gasteiger partial charge in [-0.3, -0.25) is 9.36 Å². The molecule has 0 radical (unpaired) electrons. The van der Waals surface area contributed by atoms with Crippen molar-refractivity contribution in [3.05, 3.63) is 59.7 Å². The van der Waals surface area contributed by atoms with Gasteiger partial charge in [-0.15, -0.1) is 10.2 Å². The second-order valence-corrected chi connectivity index (χ2v) is 8.14. The molecule has 1 amide bonds. The summed E-state index contributed by atoms with van der Waals surface area (Å²) in [7, 11) is 0. The molecule has 2 aromatic carbocycles. The number of carbonyl (C=O) groups excluding carboxylic acids is 1. The average molecular weight is 381 g/mol. The minimum Gasteiger partial charge on any atom is -0.369 e. The molecule has 0 saturated carbocycles. The number of thioether (sulfide) groups is 1. The summed E-state index contributed by atoms with van der Waals surface area (Å²) in [6.45, 7) is 8.07. The second-order valence-electron chi connectivity index (χ2n) is 7.03. The Morgan fingerprint density at radius 2 is 1.74 bits per heavy atom. The van der Waals surface area contributed by atoms with Crippen LogP contribution in [0.25, 0.3) is 17.1 Å². The Bertz CT molecular complexity index is 947. The topological polar surface area (TPSA) is 73.8 Å². The van der Waals surface area contributed by atoms with Crippen LogP contribution < -0.4 is 5.73 Å². The third-order valence-corrected chi connectivity index (χ3v) is 5.83. The van der Waals surface area contributed by atoms with Crippen molar-refractivity contribution in [2.75, 3.05) is 0 Å². The smallest absolute Gasteiger partial charge is 0.231 e. The number of aromatic nitrogens is 3. The number of nitrogens with zero attached hydrogens (tertiary/aromatic N) is 3. The van der Waals surface area contributed by atoms with Gasteiger partial charge in [0.1, 0.15) is 0 Å². The van der Waals surface area contributed by atoms with Gasteiger partial charge in [-0.25, -0.2) is 0 Å². The van der Waals surface area contributed by atoms with E-state index in [2.05, 4.69) is 35.3 Å². The fourth-order valence-electron chi connectivity index (χ4n) is 2.88. The number of amides is 1. The molecule has 0 bridgehead atoms. The number of primary amides is 1. The lowest BCUT2D eigenvalue weighted by Crippen LogP contribution is -2.30. The third-order valence-electron chi connectivity index (χ3n) is 4.32. The molecule has 140 valence electrons. The Balaban J connectivity index is 2.14. The standard InChI is InChI=1S/C21H24N4OS/c1-13(2)18(19(22)26)27-21-24-23-20(16-7-5-6-15(4)12-16)25(21)17-10-8-14(3)9-11-17/h5-13,18H,1-4H3,(H2,22,26). The number of nitrogens with two attached hydrogens (primary N) is 1. The predicted molar refractivity (Wildman–Crippen MR) is 110 cm³/mol. The maximum Gasteiger partial charge on any atom is 0.231 e. The van der Waals surface area contributed by atoms with Crippen LogP contribution in [0.5, 0.6) is 0 Å². The van der Waals surface area contributed by atoms with Gasteiger partial charge in [0.25, 0.3) is 0 Å². The Hall–Kier alpha value is -2.60. The zero-order chi connectivity index (χ0) is 19.6. The quantitative estimate of drug-likeness (QED) is 0.652. The molecule has 2 N–H and O–H groups in total. The third kappa shape index (κ3) is 4.22. The molecule has 1 unspecified atom stereocenters.